The van der Waals surface area contributed by atoms with Crippen LogP contribution in [-0.4, -0.2) is 26.4 Å². The van der Waals surface area contributed by atoms with Gasteiger partial charge in [-0.1, -0.05) is 59.8 Å². The number of thioether (sulfide) groups is 1. The predicted octanol–water partition coefficient (Wildman–Crippen LogP) is 4.41. The lowest BCUT2D eigenvalue weighted by Gasteiger charge is -2.14. The molecule has 0 spiro atoms. The van der Waals surface area contributed by atoms with Crippen LogP contribution in [0.1, 0.15) is 24.1 Å². The van der Waals surface area contributed by atoms with Crippen LogP contribution < -0.4 is 5.32 Å². The second-order valence-corrected chi connectivity index (χ2v) is 7.69. The predicted molar refractivity (Wildman–Crippen MR) is 110 cm³/mol. The van der Waals surface area contributed by atoms with Gasteiger partial charge in [0.05, 0.1) is 11.8 Å². The van der Waals surface area contributed by atoms with E-state index in [4.69, 9.17) is 11.6 Å². The second-order valence-electron chi connectivity index (χ2n) is 6.31. The van der Waals surface area contributed by atoms with Crippen LogP contribution in [0.5, 0.6) is 0 Å². The minimum Gasteiger partial charge on any atom is -0.349 e. The van der Waals surface area contributed by atoms with Crippen molar-refractivity contribution in [3.8, 4) is 11.4 Å². The topological polar surface area (TPSA) is 59.8 Å². The minimum atomic E-state index is -0.0857. The summed E-state index contributed by atoms with van der Waals surface area (Å²) in [6, 6.07) is 15.4. The molecule has 27 heavy (non-hydrogen) atoms. The number of carbonyl (C=O) groups excluding carboxylic acids is 1. The molecule has 0 saturated carbocycles. The molecule has 1 aromatic heterocycles. The highest BCUT2D eigenvalue weighted by Gasteiger charge is 2.15. The van der Waals surface area contributed by atoms with E-state index in [0.717, 1.165) is 22.5 Å². The van der Waals surface area contributed by atoms with Crippen LogP contribution in [0.3, 0.4) is 0 Å². The number of carbonyl (C=O) groups is 1. The number of nitrogens with zero attached hydrogens (tertiary/aromatic N) is 3. The highest BCUT2D eigenvalue weighted by atomic mass is 35.5. The smallest absolute Gasteiger partial charge is 0.230 e. The maximum Gasteiger partial charge on any atom is 0.230 e. The SMILES string of the molecule is Cc1ccccc1-c1nnc(SCC(=O)NC(C)c2ccc(Cl)cc2)n1C. The number of rotatable bonds is 6. The molecule has 1 unspecified atom stereocenters. The molecule has 3 rings (SSSR count). The second kappa shape index (κ2) is 8.59. The number of amides is 1. The van der Waals surface area contributed by atoms with Crippen molar-refractivity contribution >= 4 is 29.3 Å². The first-order chi connectivity index (χ1) is 13.0. The number of halogens is 1. The normalized spacial score (nSPS) is 12.0. The monoisotopic (exact) mass is 400 g/mol. The number of hydrogen-bond donors (Lipinski definition) is 1. The van der Waals surface area contributed by atoms with Gasteiger partial charge in [0, 0.05) is 17.6 Å². The van der Waals surface area contributed by atoms with Crippen molar-refractivity contribution < 1.29 is 4.79 Å². The molecule has 7 heteroatoms. The molecule has 3 aromatic rings. The van der Waals surface area contributed by atoms with E-state index in [1.54, 1.807) is 0 Å². The van der Waals surface area contributed by atoms with Crippen molar-refractivity contribution in [3.05, 3.63) is 64.7 Å². The molecule has 1 amide bonds. The van der Waals surface area contributed by atoms with Gasteiger partial charge in [-0.25, -0.2) is 0 Å². The zero-order valence-corrected chi connectivity index (χ0v) is 17.0. The van der Waals surface area contributed by atoms with Crippen LogP contribution in [0.2, 0.25) is 5.02 Å². The third-order valence-corrected chi connectivity index (χ3v) is 5.57. The summed E-state index contributed by atoms with van der Waals surface area (Å²) in [6.45, 7) is 3.99. The van der Waals surface area contributed by atoms with Crippen molar-refractivity contribution in [2.24, 2.45) is 7.05 Å². The standard InChI is InChI=1S/C20H21ClN4OS/c1-13-6-4-5-7-17(13)19-23-24-20(25(19)3)27-12-18(26)22-14(2)15-8-10-16(21)11-9-15/h4-11,14H,12H2,1-3H3,(H,22,26). The number of hydrogen-bond acceptors (Lipinski definition) is 4. The average molecular weight is 401 g/mol. The van der Waals surface area contributed by atoms with Gasteiger partial charge < -0.3 is 9.88 Å². The molecule has 0 aliphatic rings. The van der Waals surface area contributed by atoms with Crippen molar-refractivity contribution in [1.82, 2.24) is 20.1 Å². The molecule has 1 atom stereocenters. The van der Waals surface area contributed by atoms with E-state index >= 15 is 0 Å². The number of aromatic nitrogens is 3. The Bertz CT molecular complexity index is 939. The molecular formula is C20H21ClN4OS. The van der Waals surface area contributed by atoms with E-state index in [-0.39, 0.29) is 17.7 Å². The molecular weight excluding hydrogens is 380 g/mol. The van der Waals surface area contributed by atoms with E-state index in [2.05, 4.69) is 15.5 Å². The molecule has 0 saturated heterocycles. The van der Waals surface area contributed by atoms with Gasteiger partial charge in [0.1, 0.15) is 0 Å². The van der Waals surface area contributed by atoms with Crippen LogP contribution in [0.15, 0.2) is 53.7 Å². The summed E-state index contributed by atoms with van der Waals surface area (Å²) in [5.41, 5.74) is 3.19. The van der Waals surface area contributed by atoms with E-state index < -0.39 is 0 Å². The van der Waals surface area contributed by atoms with Crippen molar-refractivity contribution in [2.45, 2.75) is 25.0 Å². The first kappa shape index (κ1) is 19.5. The Morgan fingerprint density at radius 1 is 1.19 bits per heavy atom. The van der Waals surface area contributed by atoms with Crippen LogP contribution >= 0.6 is 23.4 Å². The Morgan fingerprint density at radius 2 is 1.89 bits per heavy atom. The summed E-state index contributed by atoms with van der Waals surface area (Å²) in [5, 5.41) is 12.9. The fourth-order valence-corrected chi connectivity index (χ4v) is 3.60. The fraction of sp³-hybridized carbons (Fsp3) is 0.250. The molecule has 5 nitrogen and oxygen atoms in total. The molecule has 1 N–H and O–H groups in total. The maximum absolute atomic E-state index is 12.3. The maximum atomic E-state index is 12.3. The number of nitrogens with one attached hydrogen (secondary N) is 1. The molecule has 2 aromatic carbocycles. The van der Waals surface area contributed by atoms with Gasteiger partial charge in [0.2, 0.25) is 5.91 Å². The van der Waals surface area contributed by atoms with Gasteiger partial charge in [-0.05, 0) is 37.1 Å². The van der Waals surface area contributed by atoms with Crippen LogP contribution in [0.4, 0.5) is 0 Å². The largest absolute Gasteiger partial charge is 0.349 e. The highest BCUT2D eigenvalue weighted by molar-refractivity contribution is 7.99. The van der Waals surface area contributed by atoms with Crippen molar-refractivity contribution in [2.75, 3.05) is 5.75 Å². The third-order valence-electron chi connectivity index (χ3n) is 4.30. The highest BCUT2D eigenvalue weighted by Crippen LogP contribution is 2.25. The third kappa shape index (κ3) is 4.70. The summed E-state index contributed by atoms with van der Waals surface area (Å²) in [5.74, 6) is 1.02. The van der Waals surface area contributed by atoms with Gasteiger partial charge in [-0.3, -0.25) is 4.79 Å². The van der Waals surface area contributed by atoms with Crippen molar-refractivity contribution in [1.29, 1.82) is 0 Å². The van der Waals surface area contributed by atoms with Crippen LogP contribution in [0, 0.1) is 6.92 Å². The Labute approximate surface area is 168 Å². The summed E-state index contributed by atoms with van der Waals surface area (Å²) in [4.78, 5) is 12.3. The molecule has 0 radical (unpaired) electrons. The Hall–Kier alpha value is -2.31. The summed E-state index contributed by atoms with van der Waals surface area (Å²) < 4.78 is 1.92. The fourth-order valence-electron chi connectivity index (χ4n) is 2.75. The van der Waals surface area contributed by atoms with Gasteiger partial charge >= 0.3 is 0 Å². The van der Waals surface area contributed by atoms with Crippen molar-refractivity contribution in [3.63, 3.8) is 0 Å². The molecule has 140 valence electrons. The summed E-state index contributed by atoms with van der Waals surface area (Å²) in [6.07, 6.45) is 0. The summed E-state index contributed by atoms with van der Waals surface area (Å²) in [7, 11) is 1.92. The lowest BCUT2D eigenvalue weighted by atomic mass is 10.1. The average Bonchev–Trinajstić information content (AvgIpc) is 3.01. The van der Waals surface area contributed by atoms with E-state index in [1.165, 1.54) is 11.8 Å². The molecule has 0 aliphatic heterocycles. The number of benzene rings is 2. The lowest BCUT2D eigenvalue weighted by Crippen LogP contribution is -2.28. The first-order valence-corrected chi connectivity index (χ1v) is 9.95. The van der Waals surface area contributed by atoms with E-state index in [9.17, 15) is 4.79 Å². The molecule has 0 aliphatic carbocycles. The van der Waals surface area contributed by atoms with Crippen LogP contribution in [0.25, 0.3) is 11.4 Å². The van der Waals surface area contributed by atoms with Crippen LogP contribution in [-0.2, 0) is 11.8 Å². The molecule has 0 bridgehead atoms. The van der Waals surface area contributed by atoms with Gasteiger partial charge in [0.15, 0.2) is 11.0 Å². The van der Waals surface area contributed by atoms with E-state index in [1.807, 2.05) is 74.0 Å². The molecule has 0 fully saturated rings. The van der Waals surface area contributed by atoms with Gasteiger partial charge in [0.25, 0.3) is 0 Å². The Morgan fingerprint density at radius 3 is 2.59 bits per heavy atom. The lowest BCUT2D eigenvalue weighted by molar-refractivity contribution is -0.119. The Balaban J connectivity index is 1.61. The van der Waals surface area contributed by atoms with Gasteiger partial charge in [-0.15, -0.1) is 10.2 Å². The van der Waals surface area contributed by atoms with Gasteiger partial charge in [-0.2, -0.15) is 0 Å². The zero-order valence-electron chi connectivity index (χ0n) is 15.4. The number of aryl methyl sites for hydroxylation is 1. The summed E-state index contributed by atoms with van der Waals surface area (Å²) >= 11 is 7.28. The Kier molecular flexibility index (Phi) is 6.19. The zero-order chi connectivity index (χ0) is 19.4. The minimum absolute atomic E-state index is 0.0529. The quantitative estimate of drug-likeness (QED) is 0.622. The first-order valence-electron chi connectivity index (χ1n) is 8.58. The molecule has 1 heterocycles. The van der Waals surface area contributed by atoms with E-state index in [0.29, 0.717) is 10.2 Å².